The SMILES string of the molecule is CCc1nc(Cl)cc(NCc2ncon2)n1. The quantitative estimate of drug-likeness (QED) is 0.818. The topological polar surface area (TPSA) is 76.7 Å². The van der Waals surface area contributed by atoms with E-state index in [0.29, 0.717) is 29.2 Å². The number of halogens is 1. The highest BCUT2D eigenvalue weighted by Crippen LogP contribution is 2.12. The normalized spacial score (nSPS) is 10.4. The lowest BCUT2D eigenvalue weighted by Crippen LogP contribution is -2.05. The molecule has 0 bridgehead atoms. The molecule has 0 aliphatic rings. The third-order valence-electron chi connectivity index (χ3n) is 1.89. The van der Waals surface area contributed by atoms with Gasteiger partial charge in [-0.1, -0.05) is 23.7 Å². The Morgan fingerprint density at radius 2 is 2.25 bits per heavy atom. The molecule has 0 spiro atoms. The number of anilines is 1. The molecule has 0 radical (unpaired) electrons. The molecule has 0 atom stereocenters. The predicted octanol–water partition coefficient (Wildman–Crippen LogP) is 1.69. The maximum absolute atomic E-state index is 5.85. The lowest BCUT2D eigenvalue weighted by Gasteiger charge is -2.04. The Bertz CT molecular complexity index is 459. The van der Waals surface area contributed by atoms with Crippen molar-refractivity contribution in [2.75, 3.05) is 5.32 Å². The van der Waals surface area contributed by atoms with Crippen LogP contribution in [-0.4, -0.2) is 20.1 Å². The van der Waals surface area contributed by atoms with Crippen LogP contribution in [0.25, 0.3) is 0 Å². The Kier molecular flexibility index (Phi) is 3.31. The average Bonchev–Trinajstić information content (AvgIpc) is 2.78. The molecule has 0 saturated carbocycles. The molecule has 0 fully saturated rings. The van der Waals surface area contributed by atoms with Crippen LogP contribution >= 0.6 is 11.6 Å². The largest absolute Gasteiger partial charge is 0.362 e. The molecule has 0 amide bonds. The molecule has 2 aromatic rings. The van der Waals surface area contributed by atoms with Gasteiger partial charge in [-0.05, 0) is 0 Å². The van der Waals surface area contributed by atoms with Crippen molar-refractivity contribution in [3.05, 3.63) is 29.3 Å². The van der Waals surface area contributed by atoms with Gasteiger partial charge in [-0.15, -0.1) is 0 Å². The number of hydrogen-bond donors (Lipinski definition) is 1. The third-order valence-corrected chi connectivity index (χ3v) is 2.09. The van der Waals surface area contributed by atoms with E-state index in [4.69, 9.17) is 11.6 Å². The molecule has 2 rings (SSSR count). The van der Waals surface area contributed by atoms with Crippen molar-refractivity contribution in [3.8, 4) is 0 Å². The molecule has 7 heteroatoms. The van der Waals surface area contributed by atoms with Crippen molar-refractivity contribution in [2.45, 2.75) is 19.9 Å². The van der Waals surface area contributed by atoms with Crippen LogP contribution in [-0.2, 0) is 13.0 Å². The first-order valence-electron chi connectivity index (χ1n) is 4.80. The summed E-state index contributed by atoms with van der Waals surface area (Å²) in [5, 5.41) is 7.13. The van der Waals surface area contributed by atoms with Crippen molar-refractivity contribution >= 4 is 17.4 Å². The third kappa shape index (κ3) is 2.66. The smallest absolute Gasteiger partial charge is 0.213 e. The lowest BCUT2D eigenvalue weighted by molar-refractivity contribution is 0.411. The standard InChI is InChI=1S/C9H10ClN5O/c1-2-7-13-6(10)3-8(14-7)11-4-9-12-5-16-15-9/h3,5H,2,4H2,1H3,(H,11,13,14). The summed E-state index contributed by atoms with van der Waals surface area (Å²) >= 11 is 5.85. The fourth-order valence-electron chi connectivity index (χ4n) is 1.15. The maximum atomic E-state index is 5.85. The molecule has 0 aliphatic heterocycles. The first kappa shape index (κ1) is 10.8. The summed E-state index contributed by atoms with van der Waals surface area (Å²) < 4.78 is 4.61. The Morgan fingerprint density at radius 3 is 2.94 bits per heavy atom. The Morgan fingerprint density at radius 1 is 1.38 bits per heavy atom. The van der Waals surface area contributed by atoms with Crippen LogP contribution in [0.1, 0.15) is 18.6 Å². The highest BCUT2D eigenvalue weighted by molar-refractivity contribution is 6.29. The molecule has 2 aromatic heterocycles. The number of hydrogen-bond acceptors (Lipinski definition) is 6. The Hall–Kier alpha value is -1.69. The molecule has 16 heavy (non-hydrogen) atoms. The zero-order chi connectivity index (χ0) is 11.4. The van der Waals surface area contributed by atoms with Gasteiger partial charge < -0.3 is 9.84 Å². The highest BCUT2D eigenvalue weighted by Gasteiger charge is 2.03. The number of aromatic nitrogens is 4. The fraction of sp³-hybridized carbons (Fsp3) is 0.333. The van der Waals surface area contributed by atoms with Gasteiger partial charge in [0.15, 0.2) is 5.82 Å². The van der Waals surface area contributed by atoms with Gasteiger partial charge in [0, 0.05) is 12.5 Å². The van der Waals surface area contributed by atoms with E-state index >= 15 is 0 Å². The van der Waals surface area contributed by atoms with Crippen molar-refractivity contribution in [1.29, 1.82) is 0 Å². The average molecular weight is 240 g/mol. The molecule has 0 aliphatic carbocycles. The summed E-state index contributed by atoms with van der Waals surface area (Å²) in [6.07, 6.45) is 2.01. The van der Waals surface area contributed by atoms with Crippen LogP contribution in [0.3, 0.4) is 0 Å². The van der Waals surface area contributed by atoms with E-state index in [0.717, 1.165) is 6.42 Å². The minimum absolute atomic E-state index is 0.419. The summed E-state index contributed by atoms with van der Waals surface area (Å²) in [6, 6.07) is 1.65. The Labute approximate surface area is 97.1 Å². The van der Waals surface area contributed by atoms with Crippen LogP contribution in [0, 0.1) is 0 Å². The van der Waals surface area contributed by atoms with Gasteiger partial charge in [0.2, 0.25) is 6.39 Å². The monoisotopic (exact) mass is 239 g/mol. The predicted molar refractivity (Wildman–Crippen MR) is 58.0 cm³/mol. The van der Waals surface area contributed by atoms with Gasteiger partial charge in [0.05, 0.1) is 6.54 Å². The molecule has 0 unspecified atom stereocenters. The van der Waals surface area contributed by atoms with Gasteiger partial charge in [-0.25, -0.2) is 9.97 Å². The fourth-order valence-corrected chi connectivity index (χ4v) is 1.35. The second kappa shape index (κ2) is 4.89. The minimum atomic E-state index is 0.419. The van der Waals surface area contributed by atoms with E-state index in [-0.39, 0.29) is 0 Å². The minimum Gasteiger partial charge on any atom is -0.362 e. The summed E-state index contributed by atoms with van der Waals surface area (Å²) in [5.41, 5.74) is 0. The molecule has 6 nitrogen and oxygen atoms in total. The zero-order valence-corrected chi connectivity index (χ0v) is 9.40. The summed E-state index contributed by atoms with van der Waals surface area (Å²) in [7, 11) is 0. The van der Waals surface area contributed by atoms with Crippen molar-refractivity contribution in [3.63, 3.8) is 0 Å². The number of nitrogens with zero attached hydrogens (tertiary/aromatic N) is 4. The molecule has 2 heterocycles. The van der Waals surface area contributed by atoms with Crippen LogP contribution in [0.5, 0.6) is 0 Å². The van der Waals surface area contributed by atoms with Gasteiger partial charge in [0.25, 0.3) is 0 Å². The van der Waals surface area contributed by atoms with Gasteiger partial charge in [-0.3, -0.25) is 0 Å². The second-order valence-corrected chi connectivity index (χ2v) is 3.43. The maximum Gasteiger partial charge on any atom is 0.213 e. The molecule has 0 saturated heterocycles. The lowest BCUT2D eigenvalue weighted by atomic mass is 10.4. The van der Waals surface area contributed by atoms with Crippen LogP contribution < -0.4 is 5.32 Å². The van der Waals surface area contributed by atoms with E-state index < -0.39 is 0 Å². The number of nitrogens with one attached hydrogen (secondary N) is 1. The van der Waals surface area contributed by atoms with Crippen LogP contribution in [0.15, 0.2) is 17.0 Å². The molecule has 0 aromatic carbocycles. The van der Waals surface area contributed by atoms with E-state index in [9.17, 15) is 0 Å². The van der Waals surface area contributed by atoms with E-state index in [1.807, 2.05) is 6.92 Å². The van der Waals surface area contributed by atoms with Gasteiger partial charge >= 0.3 is 0 Å². The van der Waals surface area contributed by atoms with E-state index in [1.54, 1.807) is 6.07 Å². The van der Waals surface area contributed by atoms with Gasteiger partial charge in [-0.2, -0.15) is 4.98 Å². The van der Waals surface area contributed by atoms with Crippen molar-refractivity contribution in [2.24, 2.45) is 0 Å². The van der Waals surface area contributed by atoms with E-state index in [2.05, 4.69) is 29.9 Å². The van der Waals surface area contributed by atoms with Gasteiger partial charge in [0.1, 0.15) is 16.8 Å². The first-order valence-corrected chi connectivity index (χ1v) is 5.18. The number of rotatable bonds is 4. The number of aryl methyl sites for hydroxylation is 1. The first-order chi connectivity index (χ1) is 7.78. The zero-order valence-electron chi connectivity index (χ0n) is 8.64. The summed E-state index contributed by atoms with van der Waals surface area (Å²) in [4.78, 5) is 12.2. The molecule has 84 valence electrons. The molecular formula is C9H10ClN5O. The van der Waals surface area contributed by atoms with E-state index in [1.165, 1.54) is 6.39 Å². The molecule has 1 N–H and O–H groups in total. The summed E-state index contributed by atoms with van der Waals surface area (Å²) in [6.45, 7) is 2.40. The molecular weight excluding hydrogens is 230 g/mol. The van der Waals surface area contributed by atoms with Crippen molar-refractivity contribution in [1.82, 2.24) is 20.1 Å². The highest BCUT2D eigenvalue weighted by atomic mass is 35.5. The Balaban J connectivity index is 2.06. The second-order valence-electron chi connectivity index (χ2n) is 3.05. The van der Waals surface area contributed by atoms with Crippen molar-refractivity contribution < 1.29 is 4.52 Å². The summed E-state index contributed by atoms with van der Waals surface area (Å²) in [5.74, 6) is 1.91. The van der Waals surface area contributed by atoms with Crippen LogP contribution in [0.2, 0.25) is 5.15 Å². The van der Waals surface area contributed by atoms with Crippen LogP contribution in [0.4, 0.5) is 5.82 Å².